The number of ether oxygens (including phenoxy) is 1. The molecule has 1 aromatic heterocycles. The van der Waals surface area contributed by atoms with E-state index in [1.807, 2.05) is 0 Å². The predicted molar refractivity (Wildman–Crippen MR) is 74.9 cm³/mol. The van der Waals surface area contributed by atoms with Gasteiger partial charge in [-0.15, -0.1) is 0 Å². The number of likely N-dealkylation sites (tertiary alicyclic amines) is 1. The molecule has 110 valence electrons. The third kappa shape index (κ3) is 4.34. The molecular weight excluding hydrogens is 258 g/mol. The number of piperidine rings is 1. The smallest absolute Gasteiger partial charge is 0.207 e. The van der Waals surface area contributed by atoms with Crippen LogP contribution < -0.4 is 10.5 Å². The van der Waals surface area contributed by atoms with Gasteiger partial charge in [0.05, 0.1) is 19.0 Å². The normalized spacial score (nSPS) is 17.1. The van der Waals surface area contributed by atoms with Crippen LogP contribution in [0.25, 0.3) is 0 Å². The van der Waals surface area contributed by atoms with E-state index in [4.69, 9.17) is 15.7 Å². The third-order valence-corrected chi connectivity index (χ3v) is 3.30. The van der Waals surface area contributed by atoms with Crippen molar-refractivity contribution < 1.29 is 9.94 Å². The van der Waals surface area contributed by atoms with Gasteiger partial charge in [-0.2, -0.15) is 0 Å². The fourth-order valence-corrected chi connectivity index (χ4v) is 2.23. The average molecular weight is 279 g/mol. The summed E-state index contributed by atoms with van der Waals surface area (Å²) in [5, 5.41) is 11.3. The van der Waals surface area contributed by atoms with E-state index in [1.165, 1.54) is 44.7 Å². The summed E-state index contributed by atoms with van der Waals surface area (Å²) in [4.78, 5) is 10.4. The van der Waals surface area contributed by atoms with Crippen LogP contribution in [-0.4, -0.2) is 52.2 Å². The molecule has 20 heavy (non-hydrogen) atoms. The molecule has 0 unspecified atom stereocenters. The van der Waals surface area contributed by atoms with Crippen LogP contribution in [0.1, 0.15) is 31.5 Å². The Kier molecular flexibility index (Phi) is 5.55. The third-order valence-electron chi connectivity index (χ3n) is 3.30. The van der Waals surface area contributed by atoms with Crippen LogP contribution in [0.15, 0.2) is 17.5 Å². The fourth-order valence-electron chi connectivity index (χ4n) is 2.23. The van der Waals surface area contributed by atoms with Gasteiger partial charge in [-0.3, -0.25) is 0 Å². The van der Waals surface area contributed by atoms with Crippen LogP contribution in [0.5, 0.6) is 5.75 Å². The number of hydrogen-bond donors (Lipinski definition) is 2. The molecule has 7 nitrogen and oxygen atoms in total. The van der Waals surface area contributed by atoms with E-state index in [1.54, 1.807) is 0 Å². The highest BCUT2D eigenvalue weighted by atomic mass is 16.5. The van der Waals surface area contributed by atoms with Gasteiger partial charge >= 0.3 is 0 Å². The van der Waals surface area contributed by atoms with Gasteiger partial charge in [0.15, 0.2) is 11.6 Å². The first-order valence-corrected chi connectivity index (χ1v) is 6.94. The summed E-state index contributed by atoms with van der Waals surface area (Å²) in [6, 6.07) is 0. The molecule has 0 bridgehead atoms. The van der Waals surface area contributed by atoms with E-state index >= 15 is 0 Å². The second kappa shape index (κ2) is 7.64. The van der Waals surface area contributed by atoms with E-state index in [2.05, 4.69) is 20.0 Å². The van der Waals surface area contributed by atoms with Crippen LogP contribution in [0.2, 0.25) is 0 Å². The molecule has 2 heterocycles. The number of amidine groups is 1. The number of oxime groups is 1. The number of nitrogens with zero attached hydrogens (tertiary/aromatic N) is 4. The summed E-state index contributed by atoms with van der Waals surface area (Å²) in [5.74, 6) is 0.674. The average Bonchev–Trinajstić information content (AvgIpc) is 2.52. The van der Waals surface area contributed by atoms with E-state index in [-0.39, 0.29) is 11.7 Å². The number of hydrogen-bond acceptors (Lipinski definition) is 6. The largest absolute Gasteiger partial charge is 0.490 e. The van der Waals surface area contributed by atoms with Gasteiger partial charge in [0, 0.05) is 6.54 Å². The van der Waals surface area contributed by atoms with Gasteiger partial charge in [-0.1, -0.05) is 11.6 Å². The highest BCUT2D eigenvalue weighted by molar-refractivity contribution is 5.93. The summed E-state index contributed by atoms with van der Waals surface area (Å²) >= 11 is 0. The molecule has 0 aliphatic carbocycles. The first-order valence-electron chi connectivity index (χ1n) is 6.94. The van der Waals surface area contributed by atoms with Crippen LogP contribution in [0, 0.1) is 0 Å². The maximum atomic E-state index is 8.50. The lowest BCUT2D eigenvalue weighted by atomic mass is 10.1. The Hall–Kier alpha value is -1.89. The Bertz CT molecular complexity index is 429. The Balaban J connectivity index is 1.68. The second-order valence-electron chi connectivity index (χ2n) is 4.83. The molecule has 0 atom stereocenters. The Morgan fingerprint density at radius 3 is 2.65 bits per heavy atom. The lowest BCUT2D eigenvalue weighted by Gasteiger charge is -2.26. The highest BCUT2D eigenvalue weighted by Crippen LogP contribution is 2.10. The van der Waals surface area contributed by atoms with E-state index in [0.717, 1.165) is 13.0 Å². The Morgan fingerprint density at radius 1 is 1.30 bits per heavy atom. The summed E-state index contributed by atoms with van der Waals surface area (Å²) in [6.45, 7) is 4.13. The van der Waals surface area contributed by atoms with Crippen molar-refractivity contribution in [3.63, 3.8) is 0 Å². The SMILES string of the molecule is N/C(=N\O)c1ncc(OCCCN2CCCCC2)cn1. The summed E-state index contributed by atoms with van der Waals surface area (Å²) in [7, 11) is 0. The summed E-state index contributed by atoms with van der Waals surface area (Å²) in [5.41, 5.74) is 5.38. The molecular formula is C13H21N5O2. The zero-order chi connectivity index (χ0) is 14.2. The molecule has 0 amide bonds. The summed E-state index contributed by atoms with van der Waals surface area (Å²) in [6.07, 6.45) is 8.02. The van der Waals surface area contributed by atoms with Crippen molar-refractivity contribution in [2.75, 3.05) is 26.2 Å². The molecule has 1 aromatic rings. The lowest BCUT2D eigenvalue weighted by Crippen LogP contribution is -2.31. The first-order chi connectivity index (χ1) is 9.79. The van der Waals surface area contributed by atoms with Crippen molar-refractivity contribution in [2.45, 2.75) is 25.7 Å². The van der Waals surface area contributed by atoms with Crippen molar-refractivity contribution in [3.05, 3.63) is 18.2 Å². The minimum absolute atomic E-state index is 0.110. The Labute approximate surface area is 118 Å². The molecule has 2 rings (SSSR count). The van der Waals surface area contributed by atoms with Crippen molar-refractivity contribution >= 4 is 5.84 Å². The molecule has 1 aliphatic heterocycles. The van der Waals surface area contributed by atoms with Crippen molar-refractivity contribution in [2.24, 2.45) is 10.9 Å². The molecule has 0 aromatic carbocycles. The molecule has 0 saturated carbocycles. The maximum Gasteiger partial charge on any atom is 0.207 e. The van der Waals surface area contributed by atoms with Crippen LogP contribution in [0.3, 0.4) is 0 Å². The lowest BCUT2D eigenvalue weighted by molar-refractivity contribution is 0.204. The van der Waals surface area contributed by atoms with Gasteiger partial charge in [-0.25, -0.2) is 9.97 Å². The van der Waals surface area contributed by atoms with Gasteiger partial charge in [0.1, 0.15) is 0 Å². The standard InChI is InChI=1S/C13H21N5O2/c14-12(17-19)13-15-9-11(10-16-13)20-8-4-7-18-5-2-1-3-6-18/h9-10,19H,1-8H2,(H2,14,17). The first kappa shape index (κ1) is 14.5. The quantitative estimate of drug-likeness (QED) is 0.263. The molecule has 1 fully saturated rings. The highest BCUT2D eigenvalue weighted by Gasteiger charge is 2.09. The number of rotatable bonds is 6. The van der Waals surface area contributed by atoms with Gasteiger partial charge in [0.2, 0.25) is 5.84 Å². The zero-order valence-corrected chi connectivity index (χ0v) is 11.5. The van der Waals surface area contributed by atoms with Crippen molar-refractivity contribution in [1.82, 2.24) is 14.9 Å². The molecule has 7 heteroatoms. The fraction of sp³-hybridized carbons (Fsp3) is 0.615. The minimum Gasteiger partial charge on any atom is -0.490 e. The van der Waals surface area contributed by atoms with E-state index in [9.17, 15) is 0 Å². The van der Waals surface area contributed by atoms with Crippen LogP contribution in [0.4, 0.5) is 0 Å². The second-order valence-corrected chi connectivity index (χ2v) is 4.83. The van der Waals surface area contributed by atoms with E-state index in [0.29, 0.717) is 12.4 Å². The van der Waals surface area contributed by atoms with E-state index < -0.39 is 0 Å². The van der Waals surface area contributed by atoms with Crippen LogP contribution in [-0.2, 0) is 0 Å². The zero-order valence-electron chi connectivity index (χ0n) is 11.5. The molecule has 0 spiro atoms. The maximum absolute atomic E-state index is 8.50. The Morgan fingerprint density at radius 2 is 2.00 bits per heavy atom. The van der Waals surface area contributed by atoms with Gasteiger partial charge in [0.25, 0.3) is 0 Å². The van der Waals surface area contributed by atoms with Crippen molar-refractivity contribution in [1.29, 1.82) is 0 Å². The topological polar surface area (TPSA) is 96.9 Å². The number of aromatic nitrogens is 2. The number of nitrogens with two attached hydrogens (primary N) is 1. The molecule has 0 radical (unpaired) electrons. The monoisotopic (exact) mass is 279 g/mol. The minimum atomic E-state index is -0.110. The molecule has 3 N–H and O–H groups in total. The van der Waals surface area contributed by atoms with Gasteiger partial charge < -0.3 is 20.6 Å². The van der Waals surface area contributed by atoms with Crippen LogP contribution >= 0.6 is 0 Å². The van der Waals surface area contributed by atoms with Crippen molar-refractivity contribution in [3.8, 4) is 5.75 Å². The molecule has 1 saturated heterocycles. The molecule has 1 aliphatic rings. The summed E-state index contributed by atoms with van der Waals surface area (Å²) < 4.78 is 5.57. The van der Waals surface area contributed by atoms with Gasteiger partial charge in [-0.05, 0) is 32.4 Å². The predicted octanol–water partition coefficient (Wildman–Crippen LogP) is 0.826.